The molecule has 0 radical (unpaired) electrons. The van der Waals surface area contributed by atoms with Gasteiger partial charge in [0.25, 0.3) is 0 Å². The zero-order valence-corrected chi connectivity index (χ0v) is 14.7. The van der Waals surface area contributed by atoms with Crippen LogP contribution in [0.5, 0.6) is 0 Å². The molecular formula is C17H28N5O+. The monoisotopic (exact) mass is 318 g/mol. The molecule has 0 aliphatic heterocycles. The first-order valence-corrected chi connectivity index (χ1v) is 8.45. The van der Waals surface area contributed by atoms with Crippen molar-refractivity contribution in [1.82, 2.24) is 20.1 Å². The van der Waals surface area contributed by atoms with E-state index in [1.807, 2.05) is 42.9 Å². The normalized spacial score (nSPS) is 10.8. The Morgan fingerprint density at radius 3 is 2.39 bits per heavy atom. The van der Waals surface area contributed by atoms with E-state index < -0.39 is 0 Å². The van der Waals surface area contributed by atoms with E-state index in [0.29, 0.717) is 0 Å². The van der Waals surface area contributed by atoms with Crippen molar-refractivity contribution in [3.63, 3.8) is 0 Å². The summed E-state index contributed by atoms with van der Waals surface area (Å²) in [4.78, 5) is 9.90. The maximum atomic E-state index is 6.10. The summed E-state index contributed by atoms with van der Waals surface area (Å²) in [6.45, 7) is 6.38. The number of rotatable bonds is 7. The number of aromatic nitrogens is 3. The molecule has 23 heavy (non-hydrogen) atoms. The zero-order chi connectivity index (χ0) is 16.7. The largest absolute Gasteiger partial charge is 0.472 e. The summed E-state index contributed by atoms with van der Waals surface area (Å²) in [5.74, 6) is 0. The van der Waals surface area contributed by atoms with Crippen LogP contribution in [0.15, 0.2) is 24.3 Å². The van der Waals surface area contributed by atoms with Crippen molar-refractivity contribution in [3.05, 3.63) is 24.3 Å². The van der Waals surface area contributed by atoms with Crippen LogP contribution >= 0.6 is 0 Å². The standard InChI is InChI=1S/C17H28N5O/c1-5-7-13-21(14-8-6-2)17(20(3)4)23-22-16-12-10-9-11-15(16)18-19-22/h9-12H,5-8,13-14H2,1-4H3/q+1. The average molecular weight is 318 g/mol. The lowest BCUT2D eigenvalue weighted by molar-refractivity contribution is -0.481. The van der Waals surface area contributed by atoms with Gasteiger partial charge in [-0.15, -0.1) is 5.10 Å². The minimum absolute atomic E-state index is 0.808. The molecule has 2 rings (SSSR count). The molecule has 0 unspecified atom stereocenters. The Balaban J connectivity index is 2.24. The Kier molecular flexibility index (Phi) is 6.38. The van der Waals surface area contributed by atoms with Crippen molar-refractivity contribution in [1.29, 1.82) is 0 Å². The molecule has 2 aromatic rings. The third-order valence-corrected chi connectivity index (χ3v) is 3.71. The molecule has 0 N–H and O–H groups in total. The smallest absolute Gasteiger partial charge is 0.278 e. The quantitative estimate of drug-likeness (QED) is 0.447. The number of unbranched alkanes of at least 4 members (excludes halogenated alkanes) is 2. The van der Waals surface area contributed by atoms with E-state index in [9.17, 15) is 0 Å². The maximum absolute atomic E-state index is 6.10. The highest BCUT2D eigenvalue weighted by Crippen LogP contribution is 2.09. The van der Waals surface area contributed by atoms with Gasteiger partial charge >= 0.3 is 6.02 Å². The highest BCUT2D eigenvalue weighted by atomic mass is 16.7. The third-order valence-electron chi connectivity index (χ3n) is 3.71. The second-order valence-electron chi connectivity index (χ2n) is 5.91. The highest BCUT2D eigenvalue weighted by molar-refractivity contribution is 5.75. The fourth-order valence-corrected chi connectivity index (χ4v) is 2.42. The Labute approximate surface area is 138 Å². The molecule has 6 nitrogen and oxygen atoms in total. The number of hydrogen-bond donors (Lipinski definition) is 0. The van der Waals surface area contributed by atoms with Crippen LogP contribution < -0.4 is 4.84 Å². The summed E-state index contributed by atoms with van der Waals surface area (Å²) < 4.78 is 2.00. The van der Waals surface area contributed by atoms with Gasteiger partial charge in [-0.25, -0.2) is 9.48 Å². The number of para-hydroxylation sites is 1. The van der Waals surface area contributed by atoms with Gasteiger partial charge in [-0.3, -0.25) is 4.84 Å². The summed E-state index contributed by atoms with van der Waals surface area (Å²) >= 11 is 0. The van der Waals surface area contributed by atoms with Crippen LogP contribution in [0, 0.1) is 0 Å². The van der Waals surface area contributed by atoms with Gasteiger partial charge in [0.2, 0.25) is 0 Å². The zero-order valence-electron chi connectivity index (χ0n) is 14.7. The van der Waals surface area contributed by atoms with Gasteiger partial charge in [0.05, 0.1) is 27.2 Å². The van der Waals surface area contributed by atoms with Crippen molar-refractivity contribution in [3.8, 4) is 0 Å². The Hall–Kier alpha value is -2.11. The number of hydrogen-bond acceptors (Lipinski definition) is 3. The van der Waals surface area contributed by atoms with Crippen LogP contribution in [-0.4, -0.2) is 57.8 Å². The molecule has 0 spiro atoms. The van der Waals surface area contributed by atoms with Crippen LogP contribution in [0.25, 0.3) is 11.0 Å². The first kappa shape index (κ1) is 17.2. The third kappa shape index (κ3) is 4.43. The number of nitrogens with zero attached hydrogens (tertiary/aromatic N) is 5. The molecule has 0 bridgehead atoms. The Morgan fingerprint density at radius 1 is 1.13 bits per heavy atom. The van der Waals surface area contributed by atoms with Gasteiger partial charge in [0, 0.05) is 0 Å². The van der Waals surface area contributed by atoms with E-state index in [1.165, 1.54) is 4.85 Å². The van der Waals surface area contributed by atoms with Crippen LogP contribution in [0.2, 0.25) is 0 Å². The van der Waals surface area contributed by atoms with Crippen molar-refractivity contribution in [2.45, 2.75) is 39.5 Å². The summed E-state index contributed by atoms with van der Waals surface area (Å²) in [5, 5.41) is 8.28. The average Bonchev–Trinajstić information content (AvgIpc) is 2.96. The molecule has 0 aliphatic rings. The van der Waals surface area contributed by atoms with Gasteiger partial charge < -0.3 is 0 Å². The molecule has 126 valence electrons. The Bertz CT molecular complexity index is 637. The first-order valence-electron chi connectivity index (χ1n) is 8.45. The predicted octanol–water partition coefficient (Wildman–Crippen LogP) is 2.39. The van der Waals surface area contributed by atoms with Crippen molar-refractivity contribution in [2.75, 3.05) is 27.2 Å². The predicted molar refractivity (Wildman–Crippen MR) is 92.6 cm³/mol. The van der Waals surface area contributed by atoms with Gasteiger partial charge in [-0.1, -0.05) is 43.7 Å². The highest BCUT2D eigenvalue weighted by Gasteiger charge is 2.24. The van der Waals surface area contributed by atoms with E-state index in [2.05, 4.69) is 29.1 Å². The lowest BCUT2D eigenvalue weighted by Crippen LogP contribution is -2.44. The van der Waals surface area contributed by atoms with E-state index in [1.54, 1.807) is 0 Å². The summed E-state index contributed by atoms with van der Waals surface area (Å²) in [6.07, 6.45) is 4.61. The lowest BCUT2D eigenvalue weighted by Gasteiger charge is -2.19. The van der Waals surface area contributed by atoms with E-state index in [-0.39, 0.29) is 0 Å². The summed E-state index contributed by atoms with van der Waals surface area (Å²) in [5.41, 5.74) is 1.71. The first-order chi connectivity index (χ1) is 11.2. The number of amidine groups is 1. The SMILES string of the molecule is CCCCN(CCCC)C(On1nnc2ccccc21)=[N+](C)C. The fraction of sp³-hybridized carbons (Fsp3) is 0.588. The molecule has 0 fully saturated rings. The van der Waals surface area contributed by atoms with Gasteiger partial charge in [0.15, 0.2) is 0 Å². The van der Waals surface area contributed by atoms with Gasteiger partial charge in [-0.2, -0.15) is 0 Å². The van der Waals surface area contributed by atoms with Crippen LogP contribution in [0.3, 0.4) is 0 Å². The second-order valence-corrected chi connectivity index (χ2v) is 5.91. The summed E-state index contributed by atoms with van der Waals surface area (Å²) in [6, 6.07) is 8.62. The van der Waals surface area contributed by atoms with Crippen LogP contribution in [0.4, 0.5) is 0 Å². The van der Waals surface area contributed by atoms with E-state index >= 15 is 0 Å². The Morgan fingerprint density at radius 2 is 1.78 bits per heavy atom. The van der Waals surface area contributed by atoms with Gasteiger partial charge in [0.1, 0.15) is 11.0 Å². The topological polar surface area (TPSA) is 46.2 Å². The van der Waals surface area contributed by atoms with Crippen molar-refractivity contribution < 1.29 is 9.41 Å². The number of fused-ring (bicyclic) bond motifs is 1. The second kappa shape index (κ2) is 8.50. The molecule has 1 aromatic carbocycles. The van der Waals surface area contributed by atoms with Crippen molar-refractivity contribution in [2.24, 2.45) is 0 Å². The summed E-state index contributed by atoms with van der Waals surface area (Å²) in [7, 11) is 4.00. The van der Waals surface area contributed by atoms with Gasteiger partial charge in [-0.05, 0) is 30.2 Å². The van der Waals surface area contributed by atoms with Crippen molar-refractivity contribution >= 4 is 17.1 Å². The molecule has 1 aromatic heterocycles. The molecule has 0 amide bonds. The fourth-order valence-electron chi connectivity index (χ4n) is 2.42. The molecule has 0 saturated carbocycles. The molecule has 0 saturated heterocycles. The van der Waals surface area contributed by atoms with E-state index in [0.717, 1.165) is 55.8 Å². The molecule has 0 aliphatic carbocycles. The minimum Gasteiger partial charge on any atom is -0.278 e. The van der Waals surface area contributed by atoms with Crippen LogP contribution in [0.1, 0.15) is 39.5 Å². The van der Waals surface area contributed by atoms with E-state index in [4.69, 9.17) is 4.84 Å². The van der Waals surface area contributed by atoms with Crippen LogP contribution in [-0.2, 0) is 0 Å². The minimum atomic E-state index is 0.808. The molecular weight excluding hydrogens is 290 g/mol. The lowest BCUT2D eigenvalue weighted by atomic mass is 10.3. The maximum Gasteiger partial charge on any atom is 0.472 e. The molecule has 6 heteroatoms. The molecule has 1 heterocycles. The number of benzene rings is 1. The molecule has 0 atom stereocenters.